The van der Waals surface area contributed by atoms with Crippen molar-refractivity contribution in [3.63, 3.8) is 0 Å². The monoisotopic (exact) mass is 859 g/mol. The predicted molar refractivity (Wildman–Crippen MR) is 219 cm³/mol. The fourth-order valence-electron chi connectivity index (χ4n) is 6.89. The Hall–Kier alpha value is -1.25. The van der Waals surface area contributed by atoms with Gasteiger partial charge in [0.2, 0.25) is 5.91 Å². The van der Waals surface area contributed by atoms with Gasteiger partial charge in [0.05, 0.1) is 25.4 Å². The summed E-state index contributed by atoms with van der Waals surface area (Å²) in [7, 11) is -10.3. The fourth-order valence-corrected chi connectivity index (χ4v) is 7.72. The first-order valence-corrected chi connectivity index (χ1v) is 24.5. The van der Waals surface area contributed by atoms with Crippen molar-refractivity contribution in [2.24, 2.45) is 0 Å². The molecule has 0 radical (unpaired) electrons. The number of unbranched alkanes of at least 4 members (excludes halogenated alkanes) is 23. The molecular weight excluding hydrogens is 783 g/mol. The Labute approximate surface area is 344 Å². The van der Waals surface area contributed by atoms with E-state index in [-0.39, 0.29) is 12.3 Å². The van der Waals surface area contributed by atoms with E-state index in [1.165, 1.54) is 109 Å². The van der Waals surface area contributed by atoms with Crippen molar-refractivity contribution >= 4 is 26.7 Å². The van der Waals surface area contributed by atoms with Crippen molar-refractivity contribution in [3.05, 3.63) is 12.2 Å². The zero-order chi connectivity index (χ0) is 42.4. The molecule has 1 saturated heterocycles. The van der Waals surface area contributed by atoms with Gasteiger partial charge in [0.25, 0.3) is 0 Å². The molecule has 338 valence electrons. The van der Waals surface area contributed by atoms with Crippen molar-refractivity contribution in [1.82, 2.24) is 5.32 Å². The molecular formula is C40H77NO14S2. The van der Waals surface area contributed by atoms with Gasteiger partial charge >= 0.3 is 20.8 Å². The molecule has 0 unspecified atom stereocenters. The van der Waals surface area contributed by atoms with Crippen molar-refractivity contribution in [2.45, 2.75) is 224 Å². The number of hydrogen-bond acceptors (Lipinski definition) is 12. The van der Waals surface area contributed by atoms with E-state index in [9.17, 15) is 36.9 Å². The van der Waals surface area contributed by atoms with Crippen LogP contribution in [0.5, 0.6) is 0 Å². The zero-order valence-corrected chi connectivity index (χ0v) is 36.4. The molecule has 57 heavy (non-hydrogen) atoms. The molecule has 17 heteroatoms. The number of aliphatic hydroxyl groups excluding tert-OH is 3. The summed E-state index contributed by atoms with van der Waals surface area (Å²) in [5.41, 5.74) is 0. The van der Waals surface area contributed by atoms with E-state index in [2.05, 4.69) is 27.5 Å². The van der Waals surface area contributed by atoms with E-state index in [4.69, 9.17) is 18.6 Å². The lowest BCUT2D eigenvalue weighted by Crippen LogP contribution is -2.61. The molecule has 0 bridgehead atoms. The van der Waals surface area contributed by atoms with Crippen LogP contribution in [-0.4, -0.2) is 103 Å². The molecule has 0 aliphatic carbocycles. The Morgan fingerprint density at radius 1 is 0.684 bits per heavy atom. The highest BCUT2D eigenvalue weighted by molar-refractivity contribution is 7.81. The third kappa shape index (κ3) is 28.8. The van der Waals surface area contributed by atoms with Gasteiger partial charge in [-0.15, -0.1) is 0 Å². The molecule has 0 aromatic heterocycles. The Bertz CT molecular complexity index is 1250. The largest absolute Gasteiger partial charge is 0.397 e. The van der Waals surface area contributed by atoms with E-state index < -0.39 is 76.9 Å². The summed E-state index contributed by atoms with van der Waals surface area (Å²) in [5, 5.41) is 35.2. The average molecular weight is 860 g/mol. The molecule has 0 saturated carbocycles. The van der Waals surface area contributed by atoms with E-state index >= 15 is 0 Å². The van der Waals surface area contributed by atoms with Crippen molar-refractivity contribution in [3.8, 4) is 0 Å². The predicted octanol–water partition coefficient (Wildman–Crippen LogP) is 7.04. The molecule has 6 N–H and O–H groups in total. The van der Waals surface area contributed by atoms with Crippen LogP contribution >= 0.6 is 0 Å². The number of carbonyl (C=O) groups is 1. The first kappa shape index (κ1) is 53.8. The van der Waals surface area contributed by atoms with Crippen LogP contribution in [-0.2, 0) is 43.4 Å². The SMILES string of the molecule is CCCCCCCCCCCCC/C=C/[C@@H](O)[C@H](CO[C@H]1O[C@H](COS(=O)(=O)O)[C@@H](OS(=O)(=O)O)[C@H](O)[C@H]1O)NC(=O)CCCCCCCCCCCCCCC. The molecule has 1 aliphatic heterocycles. The molecule has 0 aromatic rings. The van der Waals surface area contributed by atoms with E-state index in [0.717, 1.165) is 44.9 Å². The molecule has 1 fully saturated rings. The van der Waals surface area contributed by atoms with Crippen LogP contribution in [0.4, 0.5) is 0 Å². The number of hydrogen-bond donors (Lipinski definition) is 6. The first-order chi connectivity index (χ1) is 27.2. The van der Waals surface area contributed by atoms with Gasteiger partial charge in [-0.3, -0.25) is 13.9 Å². The van der Waals surface area contributed by atoms with Crippen molar-refractivity contribution in [1.29, 1.82) is 0 Å². The van der Waals surface area contributed by atoms with Gasteiger partial charge in [0, 0.05) is 6.42 Å². The van der Waals surface area contributed by atoms with Crippen LogP contribution in [0.3, 0.4) is 0 Å². The molecule has 1 aliphatic rings. The van der Waals surface area contributed by atoms with Gasteiger partial charge in [-0.25, -0.2) is 8.37 Å². The molecule has 1 rings (SSSR count). The second-order valence-electron chi connectivity index (χ2n) is 15.5. The Morgan fingerprint density at radius 3 is 1.60 bits per heavy atom. The maximum atomic E-state index is 13.0. The zero-order valence-electron chi connectivity index (χ0n) is 34.7. The number of aliphatic hydroxyl groups is 3. The number of nitrogens with one attached hydrogen (secondary N) is 1. The highest BCUT2D eigenvalue weighted by atomic mass is 32.3. The van der Waals surface area contributed by atoms with Crippen LogP contribution < -0.4 is 5.32 Å². The summed E-state index contributed by atoms with van der Waals surface area (Å²) in [4.78, 5) is 13.0. The second-order valence-corrected chi connectivity index (χ2v) is 17.6. The van der Waals surface area contributed by atoms with Gasteiger partial charge in [-0.2, -0.15) is 16.8 Å². The lowest BCUT2D eigenvalue weighted by molar-refractivity contribution is -0.297. The molecule has 15 nitrogen and oxygen atoms in total. The Kier molecular flexibility index (Phi) is 30.7. The van der Waals surface area contributed by atoms with Crippen LogP contribution in [0.15, 0.2) is 12.2 Å². The number of amides is 1. The maximum Gasteiger partial charge on any atom is 0.397 e. The summed E-state index contributed by atoms with van der Waals surface area (Å²) in [6.07, 6.45) is 21.8. The molecule has 1 amide bonds. The van der Waals surface area contributed by atoms with Crippen LogP contribution in [0, 0.1) is 0 Å². The van der Waals surface area contributed by atoms with Crippen molar-refractivity contribution in [2.75, 3.05) is 13.2 Å². The highest BCUT2D eigenvalue weighted by Gasteiger charge is 2.48. The summed E-state index contributed by atoms with van der Waals surface area (Å²) in [6.45, 7) is 2.90. The Morgan fingerprint density at radius 2 is 1.14 bits per heavy atom. The van der Waals surface area contributed by atoms with Gasteiger partial charge in [0.1, 0.15) is 24.4 Å². The number of ether oxygens (including phenoxy) is 2. The van der Waals surface area contributed by atoms with Crippen LogP contribution in [0.25, 0.3) is 0 Å². The summed E-state index contributed by atoms with van der Waals surface area (Å²) >= 11 is 0. The van der Waals surface area contributed by atoms with E-state index in [0.29, 0.717) is 6.42 Å². The van der Waals surface area contributed by atoms with Gasteiger partial charge in [0.15, 0.2) is 6.29 Å². The lowest BCUT2D eigenvalue weighted by Gasteiger charge is -2.41. The fraction of sp³-hybridized carbons (Fsp3) is 0.925. The first-order valence-electron chi connectivity index (χ1n) is 21.7. The quantitative estimate of drug-likeness (QED) is 0.0209. The van der Waals surface area contributed by atoms with Crippen LogP contribution in [0.1, 0.15) is 181 Å². The van der Waals surface area contributed by atoms with E-state index in [1.807, 2.05) is 6.08 Å². The second kappa shape index (κ2) is 32.5. The number of carbonyl (C=O) groups excluding carboxylic acids is 1. The smallest absolute Gasteiger partial charge is 0.387 e. The topological polar surface area (TPSA) is 235 Å². The number of allylic oxidation sites excluding steroid dienone is 1. The highest BCUT2D eigenvalue weighted by Crippen LogP contribution is 2.27. The minimum atomic E-state index is -5.23. The number of rotatable bonds is 37. The normalized spacial score (nSPS) is 21.6. The van der Waals surface area contributed by atoms with Gasteiger partial charge in [-0.05, 0) is 19.3 Å². The molecule has 0 spiro atoms. The van der Waals surface area contributed by atoms with Crippen molar-refractivity contribution < 1.29 is 63.9 Å². The summed E-state index contributed by atoms with van der Waals surface area (Å²) < 4.78 is 83.1. The van der Waals surface area contributed by atoms with E-state index in [1.54, 1.807) is 6.08 Å². The van der Waals surface area contributed by atoms with Gasteiger partial charge in [-0.1, -0.05) is 167 Å². The third-order valence-electron chi connectivity index (χ3n) is 10.3. The molecule has 1 heterocycles. The lowest BCUT2D eigenvalue weighted by atomic mass is 9.99. The maximum absolute atomic E-state index is 13.0. The molecule has 0 aromatic carbocycles. The third-order valence-corrected chi connectivity index (χ3v) is 11.2. The van der Waals surface area contributed by atoms with Gasteiger partial charge < -0.3 is 30.1 Å². The standard InChI is InChI=1S/C40H77NO14S2/c1-3-5-7-9-11-13-15-17-19-21-23-25-27-29-34(42)33(41-36(43)30-28-26-24-22-20-18-16-14-12-10-8-6-4-2)31-52-40-38(45)37(44)39(55-57(49,50)51)35(54-40)32-53-56(46,47)48/h27,29,33-35,37-40,42,44-45H,3-26,28,30-32H2,1-2H3,(H,41,43)(H,46,47,48)(H,49,50,51)/b29-27+/t33-,34+,35+,37+,38+,39+,40-/m0/s1. The Balaban J connectivity index is 2.72. The minimum Gasteiger partial charge on any atom is -0.387 e. The summed E-state index contributed by atoms with van der Waals surface area (Å²) in [5.74, 6) is -0.323. The summed E-state index contributed by atoms with van der Waals surface area (Å²) in [6, 6.07) is -1.03. The van der Waals surface area contributed by atoms with Crippen LogP contribution in [0.2, 0.25) is 0 Å². The molecule has 7 atom stereocenters. The average Bonchev–Trinajstić information content (AvgIpc) is 3.15. The minimum absolute atomic E-state index is 0.217.